The highest BCUT2D eigenvalue weighted by Gasteiger charge is 2.29. The average Bonchev–Trinajstić information content (AvgIpc) is 2.46. The number of ether oxygens (including phenoxy) is 2. The number of carbonyl (C=O) groups excluding carboxylic acids is 2. The van der Waals surface area contributed by atoms with Gasteiger partial charge in [-0.1, -0.05) is 6.42 Å². The molecule has 22 heavy (non-hydrogen) atoms. The van der Waals surface area contributed by atoms with Gasteiger partial charge >= 0.3 is 5.97 Å². The van der Waals surface area contributed by atoms with Crippen LogP contribution in [0.5, 0.6) is 0 Å². The topological polar surface area (TPSA) is 59.1 Å². The number of hydrogen-bond acceptors (Lipinski definition) is 5. The molecule has 0 aromatic carbocycles. The molecule has 6 heteroatoms. The van der Waals surface area contributed by atoms with Gasteiger partial charge in [-0.2, -0.15) is 0 Å². The van der Waals surface area contributed by atoms with Crippen LogP contribution < -0.4 is 0 Å². The van der Waals surface area contributed by atoms with Crippen molar-refractivity contribution < 1.29 is 19.1 Å². The molecule has 0 spiro atoms. The lowest BCUT2D eigenvalue weighted by Gasteiger charge is -2.34. The molecule has 0 N–H and O–H groups in total. The predicted molar refractivity (Wildman–Crippen MR) is 82.4 cm³/mol. The summed E-state index contributed by atoms with van der Waals surface area (Å²) in [5.74, 6) is 0.163. The van der Waals surface area contributed by atoms with Crippen LogP contribution in [0.2, 0.25) is 0 Å². The maximum atomic E-state index is 12.5. The monoisotopic (exact) mass is 312 g/mol. The molecular weight excluding hydrogens is 284 g/mol. The van der Waals surface area contributed by atoms with Gasteiger partial charge in [-0.25, -0.2) is 0 Å². The fraction of sp³-hybridized carbons (Fsp3) is 0.875. The highest BCUT2D eigenvalue weighted by molar-refractivity contribution is 5.80. The zero-order chi connectivity index (χ0) is 15.8. The molecular formula is C16H28N2O4. The number of morpholine rings is 1. The van der Waals surface area contributed by atoms with E-state index >= 15 is 0 Å². The Balaban J connectivity index is 1.80. The predicted octanol–water partition coefficient (Wildman–Crippen LogP) is 0.901. The minimum Gasteiger partial charge on any atom is -0.466 e. The Morgan fingerprint density at radius 1 is 1.23 bits per heavy atom. The number of carbonyl (C=O) groups is 2. The molecule has 126 valence electrons. The van der Waals surface area contributed by atoms with Gasteiger partial charge in [0, 0.05) is 38.6 Å². The van der Waals surface area contributed by atoms with Crippen molar-refractivity contribution in [3.05, 3.63) is 0 Å². The number of nitrogens with zero attached hydrogens (tertiary/aromatic N) is 2. The first-order chi connectivity index (χ1) is 10.7. The summed E-state index contributed by atoms with van der Waals surface area (Å²) < 4.78 is 10.3. The molecule has 0 bridgehead atoms. The second-order valence-electron chi connectivity index (χ2n) is 5.96. The summed E-state index contributed by atoms with van der Waals surface area (Å²) in [5.41, 5.74) is 0. The van der Waals surface area contributed by atoms with Gasteiger partial charge in [-0.05, 0) is 19.8 Å². The van der Waals surface area contributed by atoms with Crippen molar-refractivity contribution in [1.82, 2.24) is 9.80 Å². The molecule has 1 aliphatic heterocycles. The van der Waals surface area contributed by atoms with Crippen LogP contribution in [0.4, 0.5) is 0 Å². The zero-order valence-corrected chi connectivity index (χ0v) is 13.6. The third-order valence-corrected chi connectivity index (χ3v) is 4.45. The molecule has 2 aliphatic rings. The highest BCUT2D eigenvalue weighted by Crippen LogP contribution is 2.28. The van der Waals surface area contributed by atoms with Gasteiger partial charge in [0.25, 0.3) is 0 Å². The molecule has 2 rings (SSSR count). The van der Waals surface area contributed by atoms with Crippen molar-refractivity contribution >= 4 is 11.9 Å². The molecule has 0 atom stereocenters. The van der Waals surface area contributed by atoms with E-state index in [1.165, 1.54) is 0 Å². The van der Waals surface area contributed by atoms with Crippen molar-refractivity contribution in [3.63, 3.8) is 0 Å². The van der Waals surface area contributed by atoms with Crippen molar-refractivity contribution in [1.29, 1.82) is 0 Å². The molecule has 2 fully saturated rings. The lowest BCUT2D eigenvalue weighted by Crippen LogP contribution is -2.46. The fourth-order valence-corrected chi connectivity index (χ4v) is 2.79. The van der Waals surface area contributed by atoms with Gasteiger partial charge < -0.3 is 14.4 Å². The second-order valence-corrected chi connectivity index (χ2v) is 5.96. The Morgan fingerprint density at radius 2 is 1.95 bits per heavy atom. The molecule has 1 aliphatic carbocycles. The normalized spacial score (nSPS) is 19.5. The smallest absolute Gasteiger partial charge is 0.307 e. The van der Waals surface area contributed by atoms with Gasteiger partial charge in [-0.3, -0.25) is 14.5 Å². The van der Waals surface area contributed by atoms with Crippen LogP contribution in [0.25, 0.3) is 0 Å². The molecule has 0 unspecified atom stereocenters. The third-order valence-electron chi connectivity index (χ3n) is 4.45. The van der Waals surface area contributed by atoms with E-state index in [0.29, 0.717) is 19.7 Å². The maximum Gasteiger partial charge on any atom is 0.307 e. The van der Waals surface area contributed by atoms with Gasteiger partial charge in [0.05, 0.1) is 26.2 Å². The van der Waals surface area contributed by atoms with Crippen LogP contribution in [-0.4, -0.2) is 74.2 Å². The standard InChI is InChI=1S/C16H28N2O4/c1-2-22-15(19)6-7-18(16(20)14-4-3-5-14)9-8-17-10-12-21-13-11-17/h14H,2-13H2,1H3. The Hall–Kier alpha value is -1.14. The summed E-state index contributed by atoms with van der Waals surface area (Å²) in [6.07, 6.45) is 3.42. The van der Waals surface area contributed by atoms with Crippen molar-refractivity contribution in [2.75, 3.05) is 52.5 Å². The van der Waals surface area contributed by atoms with E-state index in [-0.39, 0.29) is 24.2 Å². The van der Waals surface area contributed by atoms with E-state index < -0.39 is 0 Å². The number of esters is 1. The van der Waals surface area contributed by atoms with Crippen LogP contribution in [0.1, 0.15) is 32.6 Å². The summed E-state index contributed by atoms with van der Waals surface area (Å²) in [6.45, 7) is 7.57. The maximum absolute atomic E-state index is 12.5. The number of amides is 1. The summed E-state index contributed by atoms with van der Waals surface area (Å²) in [4.78, 5) is 28.2. The molecule has 6 nitrogen and oxygen atoms in total. The van der Waals surface area contributed by atoms with Crippen molar-refractivity contribution in [2.45, 2.75) is 32.6 Å². The van der Waals surface area contributed by atoms with Crippen LogP contribution in [0.15, 0.2) is 0 Å². The summed E-state index contributed by atoms with van der Waals surface area (Å²) in [7, 11) is 0. The lowest BCUT2D eigenvalue weighted by molar-refractivity contribution is -0.145. The minimum absolute atomic E-state index is 0.173. The van der Waals surface area contributed by atoms with Crippen molar-refractivity contribution in [2.24, 2.45) is 5.92 Å². The van der Waals surface area contributed by atoms with Crippen molar-refractivity contribution in [3.8, 4) is 0 Å². The molecule has 0 aromatic heterocycles. The molecule has 1 amide bonds. The molecule has 1 saturated heterocycles. The lowest BCUT2D eigenvalue weighted by atomic mass is 9.84. The van der Waals surface area contributed by atoms with E-state index in [2.05, 4.69) is 4.90 Å². The van der Waals surface area contributed by atoms with Crippen LogP contribution >= 0.6 is 0 Å². The van der Waals surface area contributed by atoms with Gasteiger partial charge in [0.2, 0.25) is 5.91 Å². The zero-order valence-electron chi connectivity index (χ0n) is 13.6. The minimum atomic E-state index is -0.222. The second kappa shape index (κ2) is 9.10. The average molecular weight is 312 g/mol. The molecule has 0 radical (unpaired) electrons. The fourth-order valence-electron chi connectivity index (χ4n) is 2.79. The quantitative estimate of drug-likeness (QED) is 0.623. The van der Waals surface area contributed by atoms with Gasteiger partial charge in [-0.15, -0.1) is 0 Å². The Bertz CT molecular complexity index is 365. The molecule has 1 saturated carbocycles. The first kappa shape index (κ1) is 17.2. The summed E-state index contributed by atoms with van der Waals surface area (Å²) in [5, 5.41) is 0. The van der Waals surface area contributed by atoms with Crippen LogP contribution in [0.3, 0.4) is 0 Å². The first-order valence-corrected chi connectivity index (χ1v) is 8.45. The number of rotatable bonds is 8. The van der Waals surface area contributed by atoms with Crippen LogP contribution in [0, 0.1) is 5.92 Å². The van der Waals surface area contributed by atoms with Gasteiger partial charge in [0.1, 0.15) is 0 Å². The van der Waals surface area contributed by atoms with E-state index in [4.69, 9.17) is 9.47 Å². The van der Waals surface area contributed by atoms with E-state index in [9.17, 15) is 9.59 Å². The van der Waals surface area contributed by atoms with Gasteiger partial charge in [0.15, 0.2) is 0 Å². The van der Waals surface area contributed by atoms with Crippen LogP contribution in [-0.2, 0) is 19.1 Å². The Kier molecular flexibility index (Phi) is 7.12. The van der Waals surface area contributed by atoms with E-state index in [1.807, 2.05) is 4.90 Å². The Labute approximate surface area is 132 Å². The largest absolute Gasteiger partial charge is 0.466 e. The number of hydrogen-bond donors (Lipinski definition) is 0. The summed E-state index contributed by atoms with van der Waals surface area (Å²) >= 11 is 0. The van der Waals surface area contributed by atoms with E-state index in [0.717, 1.165) is 52.1 Å². The third kappa shape index (κ3) is 5.25. The Morgan fingerprint density at radius 3 is 2.55 bits per heavy atom. The first-order valence-electron chi connectivity index (χ1n) is 8.45. The molecule has 1 heterocycles. The summed E-state index contributed by atoms with van der Waals surface area (Å²) in [6, 6.07) is 0. The SMILES string of the molecule is CCOC(=O)CCN(CCN1CCOCC1)C(=O)C1CCC1. The molecule has 0 aromatic rings. The highest BCUT2D eigenvalue weighted by atomic mass is 16.5. The van der Waals surface area contributed by atoms with E-state index in [1.54, 1.807) is 6.92 Å².